The van der Waals surface area contributed by atoms with E-state index in [4.69, 9.17) is 10.5 Å². The summed E-state index contributed by atoms with van der Waals surface area (Å²) in [5.41, 5.74) is 5.26. The molecule has 1 aliphatic rings. The van der Waals surface area contributed by atoms with Crippen molar-refractivity contribution in [2.75, 3.05) is 40.3 Å². The molecule has 0 aromatic carbocycles. The zero-order chi connectivity index (χ0) is 14.0. The van der Waals surface area contributed by atoms with Crippen LogP contribution in [-0.2, 0) is 9.53 Å². The minimum absolute atomic E-state index is 0.175. The first-order valence-corrected chi connectivity index (χ1v) is 6.50. The van der Waals surface area contributed by atoms with Crippen molar-refractivity contribution in [2.45, 2.75) is 38.3 Å². The Balaban J connectivity index is 2.48. The van der Waals surface area contributed by atoms with Crippen molar-refractivity contribution in [1.29, 1.82) is 0 Å². The molecule has 0 aromatic heterocycles. The lowest BCUT2D eigenvalue weighted by Gasteiger charge is -2.45. The fourth-order valence-corrected chi connectivity index (χ4v) is 2.26. The Labute approximate surface area is 110 Å². The summed E-state index contributed by atoms with van der Waals surface area (Å²) in [6, 6.07) is 0. The number of carbonyl (C=O) groups is 1. The number of piperazine rings is 1. The molecule has 5 heteroatoms. The van der Waals surface area contributed by atoms with E-state index in [0.29, 0.717) is 6.42 Å². The van der Waals surface area contributed by atoms with Gasteiger partial charge in [-0.3, -0.25) is 9.69 Å². The predicted molar refractivity (Wildman–Crippen MR) is 72.4 cm³/mol. The second-order valence-corrected chi connectivity index (χ2v) is 6.17. The maximum atomic E-state index is 11.5. The first-order valence-electron chi connectivity index (χ1n) is 6.50. The number of hydrogen-bond acceptors (Lipinski definition) is 5. The molecule has 0 saturated carbocycles. The smallest absolute Gasteiger partial charge is 0.325 e. The molecule has 0 radical (unpaired) electrons. The third-order valence-electron chi connectivity index (χ3n) is 3.99. The minimum atomic E-state index is -0.887. The molecule has 0 aliphatic carbocycles. The molecule has 1 saturated heterocycles. The average molecular weight is 257 g/mol. The van der Waals surface area contributed by atoms with Crippen LogP contribution in [0.1, 0.15) is 27.2 Å². The van der Waals surface area contributed by atoms with E-state index in [1.165, 1.54) is 7.11 Å². The summed E-state index contributed by atoms with van der Waals surface area (Å²) in [4.78, 5) is 16.2. The van der Waals surface area contributed by atoms with Crippen LogP contribution in [0.5, 0.6) is 0 Å². The van der Waals surface area contributed by atoms with Gasteiger partial charge in [0.2, 0.25) is 0 Å². The molecule has 0 bridgehead atoms. The molecule has 18 heavy (non-hydrogen) atoms. The van der Waals surface area contributed by atoms with E-state index in [1.807, 2.05) is 0 Å². The number of methoxy groups -OCH3 is 1. The van der Waals surface area contributed by atoms with Gasteiger partial charge in [-0.05, 0) is 34.2 Å². The number of ether oxygens (including phenoxy) is 1. The summed E-state index contributed by atoms with van der Waals surface area (Å²) in [5.74, 6) is -0.337. The summed E-state index contributed by atoms with van der Waals surface area (Å²) in [5, 5.41) is 0. The van der Waals surface area contributed by atoms with Gasteiger partial charge in [-0.1, -0.05) is 0 Å². The van der Waals surface area contributed by atoms with Crippen LogP contribution in [-0.4, -0.2) is 67.2 Å². The maximum Gasteiger partial charge on any atom is 0.325 e. The number of nitrogens with two attached hydrogens (primary N) is 1. The third kappa shape index (κ3) is 3.67. The lowest BCUT2D eigenvalue weighted by atomic mass is 9.96. The summed E-state index contributed by atoms with van der Waals surface area (Å²) in [6.07, 6.45) is 0.624. The van der Waals surface area contributed by atoms with Gasteiger partial charge in [0.05, 0.1) is 7.11 Å². The number of hydrogen-bond donors (Lipinski definition) is 1. The monoisotopic (exact) mass is 257 g/mol. The van der Waals surface area contributed by atoms with Gasteiger partial charge >= 0.3 is 5.97 Å². The van der Waals surface area contributed by atoms with E-state index in [9.17, 15) is 4.79 Å². The van der Waals surface area contributed by atoms with Crippen molar-refractivity contribution >= 4 is 5.97 Å². The topological polar surface area (TPSA) is 58.8 Å². The predicted octanol–water partition coefficient (Wildman–Crippen LogP) is 0.293. The first kappa shape index (κ1) is 15.4. The van der Waals surface area contributed by atoms with Gasteiger partial charge in [0, 0.05) is 31.7 Å². The number of carbonyl (C=O) groups excluding carboxylic acids is 1. The van der Waals surface area contributed by atoms with Gasteiger partial charge in [0.25, 0.3) is 0 Å². The number of likely N-dealkylation sites (N-methyl/N-ethyl adjacent to an activating group) is 1. The molecular formula is C13H27N3O2. The Bertz CT molecular complexity index is 303. The van der Waals surface area contributed by atoms with E-state index in [-0.39, 0.29) is 11.5 Å². The van der Waals surface area contributed by atoms with Crippen LogP contribution in [0.25, 0.3) is 0 Å². The fraction of sp³-hybridized carbons (Fsp3) is 0.923. The number of esters is 1. The zero-order valence-corrected chi connectivity index (χ0v) is 12.3. The molecular weight excluding hydrogens is 230 g/mol. The van der Waals surface area contributed by atoms with Crippen LogP contribution in [0.4, 0.5) is 0 Å². The first-order chi connectivity index (χ1) is 8.19. The van der Waals surface area contributed by atoms with E-state index in [0.717, 1.165) is 26.2 Å². The normalized spacial score (nSPS) is 24.6. The highest BCUT2D eigenvalue weighted by Gasteiger charge is 2.34. The van der Waals surface area contributed by atoms with Crippen molar-refractivity contribution < 1.29 is 9.53 Å². The summed E-state index contributed by atoms with van der Waals surface area (Å²) >= 11 is 0. The van der Waals surface area contributed by atoms with Gasteiger partial charge in [-0.2, -0.15) is 0 Å². The third-order valence-corrected chi connectivity index (χ3v) is 3.99. The highest BCUT2D eigenvalue weighted by molar-refractivity contribution is 5.79. The summed E-state index contributed by atoms with van der Waals surface area (Å²) in [6.45, 7) is 10.1. The second kappa shape index (κ2) is 5.55. The quantitative estimate of drug-likeness (QED) is 0.734. The standard InChI is InChI=1S/C13H27N3O2/c1-12(2)10-16(9-8-15(12)4)7-6-13(3,14)11(17)18-5/h6-10,14H2,1-5H3. The highest BCUT2D eigenvalue weighted by atomic mass is 16.5. The van der Waals surface area contributed by atoms with E-state index in [2.05, 4.69) is 30.7 Å². The van der Waals surface area contributed by atoms with Crippen LogP contribution in [0.2, 0.25) is 0 Å². The van der Waals surface area contributed by atoms with Crippen LogP contribution in [0.15, 0.2) is 0 Å². The Hall–Kier alpha value is -0.650. The fourth-order valence-electron chi connectivity index (χ4n) is 2.26. The zero-order valence-electron chi connectivity index (χ0n) is 12.3. The molecule has 0 spiro atoms. The SMILES string of the molecule is COC(=O)C(C)(N)CCN1CCN(C)C(C)(C)C1. The van der Waals surface area contributed by atoms with Crippen LogP contribution < -0.4 is 5.73 Å². The van der Waals surface area contributed by atoms with Crippen LogP contribution in [0.3, 0.4) is 0 Å². The Morgan fingerprint density at radius 1 is 1.44 bits per heavy atom. The van der Waals surface area contributed by atoms with E-state index >= 15 is 0 Å². The lowest BCUT2D eigenvalue weighted by Crippen LogP contribution is -2.58. The van der Waals surface area contributed by atoms with Gasteiger partial charge < -0.3 is 15.4 Å². The van der Waals surface area contributed by atoms with E-state index < -0.39 is 5.54 Å². The highest BCUT2D eigenvalue weighted by Crippen LogP contribution is 2.20. The Morgan fingerprint density at radius 2 is 2.06 bits per heavy atom. The Kier molecular flexibility index (Phi) is 4.75. The van der Waals surface area contributed by atoms with Crippen LogP contribution >= 0.6 is 0 Å². The summed E-state index contributed by atoms with van der Waals surface area (Å²) < 4.78 is 4.72. The molecule has 1 heterocycles. The van der Waals surface area contributed by atoms with Crippen LogP contribution in [0, 0.1) is 0 Å². The van der Waals surface area contributed by atoms with Crippen molar-refractivity contribution in [3.63, 3.8) is 0 Å². The maximum absolute atomic E-state index is 11.5. The van der Waals surface area contributed by atoms with Crippen molar-refractivity contribution in [3.05, 3.63) is 0 Å². The molecule has 1 rings (SSSR count). The van der Waals surface area contributed by atoms with Crippen molar-refractivity contribution in [2.24, 2.45) is 5.73 Å². The molecule has 1 unspecified atom stereocenters. The molecule has 1 fully saturated rings. The van der Waals surface area contributed by atoms with Crippen molar-refractivity contribution in [1.82, 2.24) is 9.80 Å². The average Bonchev–Trinajstić information content (AvgIpc) is 2.29. The minimum Gasteiger partial charge on any atom is -0.468 e. The number of rotatable bonds is 4. The van der Waals surface area contributed by atoms with Gasteiger partial charge in [-0.15, -0.1) is 0 Å². The second-order valence-electron chi connectivity index (χ2n) is 6.17. The van der Waals surface area contributed by atoms with E-state index in [1.54, 1.807) is 6.92 Å². The molecule has 0 aromatic rings. The number of nitrogens with zero attached hydrogens (tertiary/aromatic N) is 2. The molecule has 5 nitrogen and oxygen atoms in total. The molecule has 106 valence electrons. The molecule has 1 aliphatic heterocycles. The van der Waals surface area contributed by atoms with Gasteiger partial charge in [-0.25, -0.2) is 0 Å². The molecule has 2 N–H and O–H groups in total. The molecule has 0 amide bonds. The van der Waals surface area contributed by atoms with Crippen molar-refractivity contribution in [3.8, 4) is 0 Å². The lowest BCUT2D eigenvalue weighted by molar-refractivity contribution is -0.146. The Morgan fingerprint density at radius 3 is 2.56 bits per heavy atom. The summed E-state index contributed by atoms with van der Waals surface area (Å²) in [7, 11) is 3.53. The van der Waals surface area contributed by atoms with Gasteiger partial charge in [0.15, 0.2) is 0 Å². The van der Waals surface area contributed by atoms with Gasteiger partial charge in [0.1, 0.15) is 5.54 Å². The largest absolute Gasteiger partial charge is 0.468 e. The molecule has 1 atom stereocenters.